The Labute approximate surface area is 126 Å². The lowest BCUT2D eigenvalue weighted by Gasteiger charge is -2.30. The number of rotatable bonds is 5. The molecular weight excluding hydrogens is 266 g/mol. The van der Waals surface area contributed by atoms with Crippen LogP contribution in [0, 0.1) is 17.8 Å². The van der Waals surface area contributed by atoms with Crippen LogP contribution in [0.3, 0.4) is 0 Å². The summed E-state index contributed by atoms with van der Waals surface area (Å²) in [5.74, 6) is 2.21. The maximum Gasteiger partial charge on any atom is 0.321 e. The molecule has 0 aromatic carbocycles. The van der Waals surface area contributed by atoms with Crippen molar-refractivity contribution in [2.45, 2.75) is 70.5 Å². The smallest absolute Gasteiger partial charge is 0.321 e. The van der Waals surface area contributed by atoms with Crippen LogP contribution in [-0.2, 0) is 4.79 Å². The van der Waals surface area contributed by atoms with Gasteiger partial charge in [-0.15, -0.1) is 0 Å². The second kappa shape index (κ2) is 5.95. The first kappa shape index (κ1) is 14.8. The molecule has 3 aliphatic rings. The maximum absolute atomic E-state index is 12.0. The number of carbonyl (C=O) groups is 2. The Morgan fingerprint density at radius 3 is 2.38 bits per heavy atom. The topological polar surface area (TPSA) is 70.2 Å². The van der Waals surface area contributed by atoms with E-state index in [9.17, 15) is 9.59 Å². The van der Waals surface area contributed by atoms with Crippen molar-refractivity contribution in [1.29, 1.82) is 0 Å². The van der Waals surface area contributed by atoms with Gasteiger partial charge in [-0.2, -0.15) is 0 Å². The molecule has 2 bridgehead atoms. The standard InChI is InChI=1S/C16H27N3O2/c1-9(14-8-11-3-4-12(14)7-11)17-10(2)15(20)19-16(21)18-13-5-6-13/h9-14,17H,3-8H2,1-2H3,(H2,18,19,20,21)/t9-,10+,11+,12+,14-/m1/s1. The average molecular weight is 293 g/mol. The van der Waals surface area contributed by atoms with Gasteiger partial charge in [0.05, 0.1) is 6.04 Å². The van der Waals surface area contributed by atoms with E-state index in [2.05, 4.69) is 22.9 Å². The van der Waals surface area contributed by atoms with Gasteiger partial charge in [0.25, 0.3) is 0 Å². The molecule has 0 aliphatic heterocycles. The molecule has 3 N–H and O–H groups in total. The van der Waals surface area contributed by atoms with Gasteiger partial charge in [0.15, 0.2) is 0 Å². The van der Waals surface area contributed by atoms with Crippen LogP contribution in [0.25, 0.3) is 0 Å². The van der Waals surface area contributed by atoms with Crippen molar-refractivity contribution in [1.82, 2.24) is 16.0 Å². The minimum Gasteiger partial charge on any atom is -0.335 e. The largest absolute Gasteiger partial charge is 0.335 e. The normalized spacial score (nSPS) is 33.5. The Balaban J connectivity index is 1.42. The van der Waals surface area contributed by atoms with Crippen LogP contribution in [0.2, 0.25) is 0 Å². The highest BCUT2D eigenvalue weighted by Crippen LogP contribution is 2.49. The molecule has 5 atom stereocenters. The molecule has 0 spiro atoms. The highest BCUT2D eigenvalue weighted by atomic mass is 16.2. The summed E-state index contributed by atoms with van der Waals surface area (Å²) in [7, 11) is 0. The van der Waals surface area contributed by atoms with Crippen molar-refractivity contribution in [3.63, 3.8) is 0 Å². The van der Waals surface area contributed by atoms with Gasteiger partial charge in [-0.3, -0.25) is 10.1 Å². The Bertz CT molecular complexity index is 422. The van der Waals surface area contributed by atoms with Gasteiger partial charge in [-0.05, 0) is 63.7 Å². The molecule has 3 rings (SSSR count). The number of urea groups is 1. The van der Waals surface area contributed by atoms with Gasteiger partial charge in [-0.25, -0.2) is 4.79 Å². The van der Waals surface area contributed by atoms with E-state index in [0.717, 1.165) is 24.7 Å². The number of fused-ring (bicyclic) bond motifs is 2. The molecule has 0 unspecified atom stereocenters. The highest BCUT2D eigenvalue weighted by molar-refractivity contribution is 5.96. The van der Waals surface area contributed by atoms with Crippen LogP contribution in [0.5, 0.6) is 0 Å². The van der Waals surface area contributed by atoms with Crippen molar-refractivity contribution in [3.05, 3.63) is 0 Å². The minimum absolute atomic E-state index is 0.233. The molecule has 3 fully saturated rings. The summed E-state index contributed by atoms with van der Waals surface area (Å²) in [5, 5.41) is 8.59. The van der Waals surface area contributed by atoms with Gasteiger partial charge in [-0.1, -0.05) is 6.42 Å². The third-order valence-corrected chi connectivity index (χ3v) is 5.49. The molecule has 118 valence electrons. The van der Waals surface area contributed by atoms with E-state index in [-0.39, 0.29) is 24.0 Å². The summed E-state index contributed by atoms with van der Waals surface area (Å²) in [4.78, 5) is 23.6. The summed E-state index contributed by atoms with van der Waals surface area (Å²) < 4.78 is 0. The molecule has 21 heavy (non-hydrogen) atoms. The maximum atomic E-state index is 12.0. The van der Waals surface area contributed by atoms with Crippen LogP contribution < -0.4 is 16.0 Å². The van der Waals surface area contributed by atoms with Crippen molar-refractivity contribution >= 4 is 11.9 Å². The van der Waals surface area contributed by atoms with Crippen LogP contribution in [0.1, 0.15) is 52.4 Å². The highest BCUT2D eigenvalue weighted by Gasteiger charge is 2.42. The summed E-state index contributed by atoms with van der Waals surface area (Å²) in [6.07, 6.45) is 7.47. The Morgan fingerprint density at radius 1 is 1.05 bits per heavy atom. The molecule has 0 heterocycles. The number of hydrogen-bond donors (Lipinski definition) is 3. The second-order valence-electron chi connectivity index (χ2n) is 7.25. The summed E-state index contributed by atoms with van der Waals surface area (Å²) in [5.41, 5.74) is 0. The van der Waals surface area contributed by atoms with E-state index in [1.165, 1.54) is 25.7 Å². The SMILES string of the molecule is C[C@H](N[C@H](C)[C@H]1C[C@H]2CC[C@H]1C2)C(=O)NC(=O)NC1CC1. The van der Waals surface area contributed by atoms with E-state index < -0.39 is 0 Å². The van der Waals surface area contributed by atoms with Crippen molar-refractivity contribution in [2.24, 2.45) is 17.8 Å². The van der Waals surface area contributed by atoms with Crippen LogP contribution in [0.15, 0.2) is 0 Å². The fraction of sp³-hybridized carbons (Fsp3) is 0.875. The zero-order valence-electron chi connectivity index (χ0n) is 13.0. The van der Waals surface area contributed by atoms with E-state index in [1.807, 2.05) is 6.92 Å². The molecule has 0 aromatic rings. The first-order valence-electron chi connectivity index (χ1n) is 8.40. The van der Waals surface area contributed by atoms with Crippen molar-refractivity contribution in [3.8, 4) is 0 Å². The van der Waals surface area contributed by atoms with Gasteiger partial charge in [0.1, 0.15) is 0 Å². The quantitative estimate of drug-likeness (QED) is 0.723. The van der Waals surface area contributed by atoms with Crippen molar-refractivity contribution < 1.29 is 9.59 Å². The third-order valence-electron chi connectivity index (χ3n) is 5.49. The third kappa shape index (κ3) is 3.57. The summed E-state index contributed by atoms with van der Waals surface area (Å²) in [6, 6.07) is -0.0747. The first-order chi connectivity index (χ1) is 10.0. The lowest BCUT2D eigenvalue weighted by molar-refractivity contribution is -0.121. The number of amides is 3. The molecule has 3 amide bonds. The van der Waals surface area contributed by atoms with Crippen molar-refractivity contribution in [2.75, 3.05) is 0 Å². The zero-order chi connectivity index (χ0) is 15.0. The van der Waals surface area contributed by atoms with Crippen LogP contribution in [0.4, 0.5) is 4.79 Å². The molecular formula is C16H27N3O2. The monoisotopic (exact) mass is 293 g/mol. The van der Waals surface area contributed by atoms with Crippen LogP contribution in [-0.4, -0.2) is 30.1 Å². The number of imide groups is 1. The van der Waals surface area contributed by atoms with Gasteiger partial charge < -0.3 is 10.6 Å². The fourth-order valence-electron chi connectivity index (χ4n) is 4.17. The predicted molar refractivity (Wildman–Crippen MR) is 80.7 cm³/mol. The molecule has 5 nitrogen and oxygen atoms in total. The van der Waals surface area contributed by atoms with E-state index >= 15 is 0 Å². The molecule has 0 saturated heterocycles. The Morgan fingerprint density at radius 2 is 1.81 bits per heavy atom. The Kier molecular flexibility index (Phi) is 4.20. The molecule has 3 saturated carbocycles. The fourth-order valence-corrected chi connectivity index (χ4v) is 4.17. The summed E-state index contributed by atoms with van der Waals surface area (Å²) >= 11 is 0. The molecule has 0 aromatic heterocycles. The number of nitrogens with one attached hydrogen (secondary N) is 3. The average Bonchev–Trinajstić information content (AvgIpc) is 3.00. The molecule has 0 radical (unpaired) electrons. The first-order valence-corrected chi connectivity index (χ1v) is 8.40. The lowest BCUT2D eigenvalue weighted by Crippen LogP contribution is -2.52. The lowest BCUT2D eigenvalue weighted by atomic mass is 9.84. The van der Waals surface area contributed by atoms with E-state index in [1.54, 1.807) is 0 Å². The van der Waals surface area contributed by atoms with E-state index in [4.69, 9.17) is 0 Å². The van der Waals surface area contributed by atoms with Gasteiger partial charge >= 0.3 is 6.03 Å². The zero-order valence-corrected chi connectivity index (χ0v) is 13.0. The van der Waals surface area contributed by atoms with Gasteiger partial charge in [0.2, 0.25) is 5.91 Å². The Hall–Kier alpha value is -1.10. The number of carbonyl (C=O) groups excluding carboxylic acids is 2. The summed E-state index contributed by atoms with van der Waals surface area (Å²) in [6.45, 7) is 4.02. The predicted octanol–water partition coefficient (Wildman–Crippen LogP) is 1.78. The van der Waals surface area contributed by atoms with Gasteiger partial charge in [0, 0.05) is 12.1 Å². The minimum atomic E-state index is -0.358. The number of hydrogen-bond acceptors (Lipinski definition) is 3. The van der Waals surface area contributed by atoms with Crippen LogP contribution >= 0.6 is 0 Å². The van der Waals surface area contributed by atoms with E-state index in [0.29, 0.717) is 12.0 Å². The molecule has 3 aliphatic carbocycles. The second-order valence-corrected chi connectivity index (χ2v) is 7.25. The molecule has 5 heteroatoms.